The van der Waals surface area contributed by atoms with Crippen molar-refractivity contribution >= 4 is 17.5 Å². The number of azo groups is 1. The fourth-order valence-corrected chi connectivity index (χ4v) is 0.709. The lowest BCUT2D eigenvalue weighted by Crippen LogP contribution is -2.07. The van der Waals surface area contributed by atoms with E-state index >= 15 is 0 Å². The van der Waals surface area contributed by atoms with Crippen LogP contribution in [0.5, 0.6) is 0 Å². The summed E-state index contributed by atoms with van der Waals surface area (Å²) in [5, 5.41) is 29.4. The molecule has 0 aliphatic rings. The third kappa shape index (κ3) is 2.11. The van der Waals surface area contributed by atoms with Gasteiger partial charge in [0.1, 0.15) is 6.20 Å². The highest BCUT2D eigenvalue weighted by atomic mass is 16.7. The number of anilines is 1. The predicted molar refractivity (Wildman–Crippen MR) is 43.4 cm³/mol. The van der Waals surface area contributed by atoms with Crippen molar-refractivity contribution in [3.63, 3.8) is 0 Å². The van der Waals surface area contributed by atoms with E-state index in [2.05, 4.69) is 40.1 Å². The molecule has 0 spiro atoms. The number of nitrogens with one attached hydrogen (secondary N) is 1. The molecule has 2 aromatic heterocycles. The van der Waals surface area contributed by atoms with Gasteiger partial charge in [-0.1, -0.05) is 10.6 Å². The van der Waals surface area contributed by atoms with Crippen LogP contribution < -0.4 is 5.43 Å². The molecule has 2 rings (SSSR count). The highest BCUT2D eigenvalue weighted by Crippen LogP contribution is 2.21. The van der Waals surface area contributed by atoms with E-state index < -0.39 is 5.03 Å². The lowest BCUT2D eigenvalue weighted by molar-refractivity contribution is -0.445. The smallest absolute Gasteiger partial charge is 0.242 e. The van der Waals surface area contributed by atoms with Crippen LogP contribution in [-0.2, 0) is 0 Å². The average molecular weight is 226 g/mol. The van der Waals surface area contributed by atoms with Gasteiger partial charge < -0.3 is 0 Å². The van der Waals surface area contributed by atoms with E-state index in [4.69, 9.17) is 0 Å². The van der Waals surface area contributed by atoms with Crippen LogP contribution in [0.1, 0.15) is 0 Å². The van der Waals surface area contributed by atoms with Crippen LogP contribution in [0, 0.1) is 10.1 Å². The van der Waals surface area contributed by atoms with Gasteiger partial charge in [0.05, 0.1) is 0 Å². The first-order valence-corrected chi connectivity index (χ1v) is 3.68. The fourth-order valence-electron chi connectivity index (χ4n) is 0.709. The summed E-state index contributed by atoms with van der Waals surface area (Å²) < 4.78 is 8.48. The van der Waals surface area contributed by atoms with E-state index in [-0.39, 0.29) is 17.5 Å². The minimum atomic E-state index is -0.837. The first-order valence-electron chi connectivity index (χ1n) is 3.68. The van der Waals surface area contributed by atoms with E-state index in [0.29, 0.717) is 0 Å². The average Bonchev–Trinajstić information content (AvgIpc) is 2.84. The Labute approximate surface area is 85.4 Å². The fraction of sp³-hybridized carbons (Fsp3) is 0. The number of nitrogens with zero attached hydrogens (tertiary/aromatic N) is 7. The van der Waals surface area contributed by atoms with Crippen molar-refractivity contribution in [3.05, 3.63) is 16.3 Å². The largest absolute Gasteiger partial charge is 0.281 e. The molecule has 0 aliphatic carbocycles. The molecule has 16 heavy (non-hydrogen) atoms. The summed E-state index contributed by atoms with van der Waals surface area (Å²) in [6.07, 6.45) is 1.19. The zero-order chi connectivity index (χ0) is 11.4. The highest BCUT2D eigenvalue weighted by molar-refractivity contribution is 5.51. The summed E-state index contributed by atoms with van der Waals surface area (Å²) in [5.74, 6) is -0.389. The molecule has 0 aliphatic heterocycles. The Morgan fingerprint density at radius 1 is 1.31 bits per heavy atom. The summed E-state index contributed by atoms with van der Waals surface area (Å²) in [6, 6.07) is 0. The van der Waals surface area contributed by atoms with Crippen molar-refractivity contribution < 1.29 is 14.3 Å². The molecule has 12 heteroatoms. The van der Waals surface area contributed by atoms with Crippen LogP contribution >= 0.6 is 0 Å². The number of hydrogen-bond donors (Lipinski definition) is 1. The standard InChI is InChI=1S/C4H2N8O4/c13-12(14)8-4-3(10-16-11-4)7-6-2-1-5-15-9-2/h1H,(H,8,11). The van der Waals surface area contributed by atoms with Crippen molar-refractivity contribution in [1.29, 1.82) is 0 Å². The SMILES string of the molecule is O=[N+]([O-])Nc1nonc1N=Nc1cnon1. The summed E-state index contributed by atoms with van der Waals surface area (Å²) in [7, 11) is 0. The van der Waals surface area contributed by atoms with E-state index in [1.54, 1.807) is 5.43 Å². The van der Waals surface area contributed by atoms with Crippen molar-refractivity contribution in [3.8, 4) is 0 Å². The van der Waals surface area contributed by atoms with Gasteiger partial charge in [-0.25, -0.2) is 19.4 Å². The van der Waals surface area contributed by atoms with E-state index in [9.17, 15) is 10.1 Å². The molecule has 0 atom stereocenters. The summed E-state index contributed by atoms with van der Waals surface area (Å²) in [4.78, 5) is 10.1. The molecule has 0 aromatic carbocycles. The van der Waals surface area contributed by atoms with Gasteiger partial charge in [0, 0.05) is 0 Å². The molecule has 0 saturated heterocycles. The second-order valence-corrected chi connectivity index (χ2v) is 2.27. The monoisotopic (exact) mass is 226 g/mol. The quantitative estimate of drug-likeness (QED) is 0.444. The van der Waals surface area contributed by atoms with Crippen molar-refractivity contribution in [1.82, 2.24) is 20.6 Å². The molecule has 0 bridgehead atoms. The first-order chi connectivity index (χ1) is 7.75. The summed E-state index contributed by atoms with van der Waals surface area (Å²) in [6.45, 7) is 0. The molecule has 2 heterocycles. The Morgan fingerprint density at radius 3 is 2.88 bits per heavy atom. The zero-order valence-corrected chi connectivity index (χ0v) is 7.34. The van der Waals surface area contributed by atoms with Gasteiger partial charge in [-0.05, 0) is 15.5 Å². The third-order valence-corrected chi connectivity index (χ3v) is 1.27. The Hall–Kier alpha value is -2.92. The molecule has 2 aromatic rings. The van der Waals surface area contributed by atoms with E-state index in [1.807, 2.05) is 0 Å². The minimum absolute atomic E-state index is 0.0788. The normalized spacial score (nSPS) is 10.8. The molecule has 1 N–H and O–H groups in total. The number of aromatic nitrogens is 4. The summed E-state index contributed by atoms with van der Waals surface area (Å²) in [5.41, 5.74) is 1.73. The van der Waals surface area contributed by atoms with Crippen LogP contribution in [0.2, 0.25) is 0 Å². The maximum Gasteiger partial charge on any atom is 0.281 e. The van der Waals surface area contributed by atoms with Crippen molar-refractivity contribution in [2.45, 2.75) is 0 Å². The number of rotatable bonds is 4. The van der Waals surface area contributed by atoms with Gasteiger partial charge in [-0.15, -0.1) is 10.2 Å². The maximum atomic E-state index is 10.1. The summed E-state index contributed by atoms with van der Waals surface area (Å²) >= 11 is 0. The molecule has 0 saturated carbocycles. The first kappa shape index (κ1) is 9.63. The Morgan fingerprint density at radius 2 is 2.19 bits per heavy atom. The maximum absolute atomic E-state index is 10.1. The number of hydrazine groups is 1. The van der Waals surface area contributed by atoms with Crippen LogP contribution in [0.3, 0.4) is 0 Å². The highest BCUT2D eigenvalue weighted by Gasteiger charge is 2.13. The lowest BCUT2D eigenvalue weighted by atomic mass is 10.7. The van der Waals surface area contributed by atoms with E-state index in [1.165, 1.54) is 6.20 Å². The Kier molecular flexibility index (Phi) is 2.45. The Balaban J connectivity index is 2.15. The second-order valence-electron chi connectivity index (χ2n) is 2.27. The molecular formula is C4H2N8O4. The van der Waals surface area contributed by atoms with Crippen LogP contribution in [0.25, 0.3) is 0 Å². The molecular weight excluding hydrogens is 224 g/mol. The van der Waals surface area contributed by atoms with Crippen LogP contribution in [0.15, 0.2) is 25.7 Å². The van der Waals surface area contributed by atoms with Gasteiger partial charge in [-0.3, -0.25) is 0 Å². The van der Waals surface area contributed by atoms with Crippen molar-refractivity contribution in [2.75, 3.05) is 5.43 Å². The minimum Gasteiger partial charge on any atom is -0.242 e. The molecule has 12 nitrogen and oxygen atoms in total. The number of hydrogen-bond acceptors (Lipinski definition) is 10. The second kappa shape index (κ2) is 4.07. The lowest BCUT2D eigenvalue weighted by Gasteiger charge is -1.87. The van der Waals surface area contributed by atoms with Gasteiger partial charge in [0.2, 0.25) is 5.82 Å². The molecule has 0 radical (unpaired) electrons. The molecule has 0 unspecified atom stereocenters. The van der Waals surface area contributed by atoms with E-state index in [0.717, 1.165) is 0 Å². The molecule has 82 valence electrons. The number of nitro groups is 1. The predicted octanol–water partition coefficient (Wildman–Crippen LogP) is 0.472. The molecule has 0 amide bonds. The van der Waals surface area contributed by atoms with Gasteiger partial charge in [0.15, 0.2) is 5.03 Å². The van der Waals surface area contributed by atoms with Gasteiger partial charge in [0.25, 0.3) is 11.6 Å². The Bertz CT molecular complexity index is 502. The topological polar surface area (TPSA) is 158 Å². The van der Waals surface area contributed by atoms with Crippen LogP contribution in [-0.4, -0.2) is 25.7 Å². The van der Waals surface area contributed by atoms with Gasteiger partial charge >= 0.3 is 0 Å². The zero-order valence-electron chi connectivity index (χ0n) is 7.34. The third-order valence-electron chi connectivity index (χ3n) is 1.27. The van der Waals surface area contributed by atoms with Gasteiger partial charge in [-0.2, -0.15) is 0 Å². The van der Waals surface area contributed by atoms with Crippen LogP contribution in [0.4, 0.5) is 17.5 Å². The molecule has 0 fully saturated rings. The van der Waals surface area contributed by atoms with Crippen molar-refractivity contribution in [2.24, 2.45) is 10.2 Å².